The van der Waals surface area contributed by atoms with Crippen LogP contribution in [0.25, 0.3) is 0 Å². The maximum absolute atomic E-state index is 12.5. The van der Waals surface area contributed by atoms with Gasteiger partial charge in [0.05, 0.1) is 11.9 Å². The predicted octanol–water partition coefficient (Wildman–Crippen LogP) is 3.00. The van der Waals surface area contributed by atoms with Gasteiger partial charge in [-0.15, -0.1) is 0 Å². The number of urea groups is 1. The smallest absolute Gasteiger partial charge is 0.391 e. The zero-order valence-electron chi connectivity index (χ0n) is 18.7. The first-order valence-electron chi connectivity index (χ1n) is 10.6. The molecule has 10 heteroatoms. The van der Waals surface area contributed by atoms with E-state index in [4.69, 9.17) is 4.74 Å². The Balaban J connectivity index is 1.44. The number of amides is 3. The van der Waals surface area contributed by atoms with Crippen LogP contribution in [0.5, 0.6) is 5.88 Å². The molecular weight excluding hydrogens is 428 g/mol. The number of anilines is 1. The summed E-state index contributed by atoms with van der Waals surface area (Å²) in [6.07, 6.45) is 3.70. The number of hydrogen-bond donors (Lipinski definition) is 2. The van der Waals surface area contributed by atoms with Gasteiger partial charge in [-0.25, -0.2) is 18.9 Å². The summed E-state index contributed by atoms with van der Waals surface area (Å²) in [7, 11) is 0. The van der Waals surface area contributed by atoms with Crippen molar-refractivity contribution in [2.24, 2.45) is 0 Å². The fourth-order valence-electron chi connectivity index (χ4n) is 3.18. The van der Waals surface area contributed by atoms with E-state index in [0.29, 0.717) is 18.8 Å². The predicted molar refractivity (Wildman–Crippen MR) is 126 cm³/mol. The van der Waals surface area contributed by atoms with Gasteiger partial charge in [-0.1, -0.05) is 18.9 Å². The number of nitrogens with one attached hydrogen (secondary N) is 1. The van der Waals surface area contributed by atoms with Crippen molar-refractivity contribution in [3.8, 4) is 5.88 Å². The summed E-state index contributed by atoms with van der Waals surface area (Å²) in [4.78, 5) is 37.1. The third-order valence-corrected chi connectivity index (χ3v) is 5.28. The average molecular weight is 459 g/mol. The second kappa shape index (κ2) is 10.6. The standard InChI is InChI=1S/C22H30N6O3S/c1-22(2,3)25-20(29)28(32)18-7-8-19(24-16-18)31-21(30)27-14-12-26(13-15-27)11-9-17-6-4-5-10-23-17/h4-8,10,16,32H,9,11-15H2,1-3H3,(H,25,29). The molecule has 3 heterocycles. The molecular formula is C22H30N6O3S. The number of thiol groups is 1. The molecule has 1 saturated heterocycles. The Morgan fingerprint density at radius 2 is 1.88 bits per heavy atom. The molecule has 1 fully saturated rings. The number of carbonyl (C=O) groups is 2. The van der Waals surface area contributed by atoms with E-state index in [2.05, 4.69) is 33.0 Å². The number of pyridine rings is 2. The van der Waals surface area contributed by atoms with Gasteiger partial charge < -0.3 is 15.0 Å². The van der Waals surface area contributed by atoms with E-state index in [1.54, 1.807) is 23.2 Å². The van der Waals surface area contributed by atoms with Crippen molar-refractivity contribution in [3.05, 3.63) is 48.4 Å². The van der Waals surface area contributed by atoms with Crippen LogP contribution in [0.3, 0.4) is 0 Å². The Hall–Kier alpha value is -2.85. The molecule has 1 N–H and O–H groups in total. The van der Waals surface area contributed by atoms with Gasteiger partial charge in [-0.2, -0.15) is 0 Å². The highest BCUT2D eigenvalue weighted by molar-refractivity contribution is 7.82. The fourth-order valence-corrected chi connectivity index (χ4v) is 3.34. The van der Waals surface area contributed by atoms with Crippen molar-refractivity contribution in [1.29, 1.82) is 0 Å². The van der Waals surface area contributed by atoms with Crippen LogP contribution in [0.4, 0.5) is 15.3 Å². The van der Waals surface area contributed by atoms with Gasteiger partial charge in [0.15, 0.2) is 0 Å². The van der Waals surface area contributed by atoms with Crippen LogP contribution < -0.4 is 14.4 Å². The Bertz CT molecular complexity index is 896. The quantitative estimate of drug-likeness (QED) is 0.670. The van der Waals surface area contributed by atoms with Gasteiger partial charge in [0.1, 0.15) is 0 Å². The molecule has 0 aromatic carbocycles. The van der Waals surface area contributed by atoms with Gasteiger partial charge in [-0.3, -0.25) is 9.88 Å². The topological polar surface area (TPSA) is 90.9 Å². The summed E-state index contributed by atoms with van der Waals surface area (Å²) in [5.41, 5.74) is 1.15. The van der Waals surface area contributed by atoms with E-state index in [0.717, 1.165) is 36.1 Å². The van der Waals surface area contributed by atoms with Gasteiger partial charge in [0.2, 0.25) is 5.88 Å². The lowest BCUT2D eigenvalue weighted by Gasteiger charge is -2.33. The molecule has 0 bridgehead atoms. The van der Waals surface area contributed by atoms with E-state index in [1.807, 2.05) is 39.0 Å². The minimum absolute atomic E-state index is 0.175. The lowest BCUT2D eigenvalue weighted by Crippen LogP contribution is -2.50. The van der Waals surface area contributed by atoms with Crippen LogP contribution in [0.2, 0.25) is 0 Å². The number of hydrogen-bond acceptors (Lipinski definition) is 7. The molecule has 0 aliphatic carbocycles. The van der Waals surface area contributed by atoms with Crippen LogP contribution >= 0.6 is 12.8 Å². The zero-order valence-corrected chi connectivity index (χ0v) is 19.6. The summed E-state index contributed by atoms with van der Waals surface area (Å²) in [6, 6.07) is 8.73. The third kappa shape index (κ3) is 7.10. The molecule has 0 unspecified atom stereocenters. The van der Waals surface area contributed by atoms with Crippen molar-refractivity contribution >= 4 is 30.6 Å². The first-order chi connectivity index (χ1) is 15.2. The number of nitrogens with zero attached hydrogens (tertiary/aromatic N) is 5. The molecule has 3 rings (SSSR count). The second-order valence-corrected chi connectivity index (χ2v) is 9.01. The van der Waals surface area contributed by atoms with Crippen LogP contribution in [0.15, 0.2) is 42.7 Å². The van der Waals surface area contributed by atoms with Gasteiger partial charge in [-0.05, 0) is 39.0 Å². The van der Waals surface area contributed by atoms with E-state index >= 15 is 0 Å². The maximum atomic E-state index is 12.5. The monoisotopic (exact) mass is 458 g/mol. The molecule has 0 saturated carbocycles. The normalized spacial score (nSPS) is 14.7. The molecule has 172 valence electrons. The summed E-state index contributed by atoms with van der Waals surface area (Å²) in [5, 5.41) is 2.81. The molecule has 1 aliphatic rings. The Kier molecular flexibility index (Phi) is 7.92. The molecule has 9 nitrogen and oxygen atoms in total. The fraction of sp³-hybridized carbons (Fsp3) is 0.455. The summed E-state index contributed by atoms with van der Waals surface area (Å²) < 4.78 is 6.56. The van der Waals surface area contributed by atoms with Crippen LogP contribution in [0.1, 0.15) is 26.5 Å². The average Bonchev–Trinajstić information content (AvgIpc) is 2.77. The third-order valence-electron chi connectivity index (χ3n) is 4.87. The number of rotatable bonds is 5. The number of aromatic nitrogens is 2. The van der Waals surface area contributed by atoms with Crippen LogP contribution in [0, 0.1) is 0 Å². The van der Waals surface area contributed by atoms with Crippen molar-refractivity contribution in [3.63, 3.8) is 0 Å². The van der Waals surface area contributed by atoms with Crippen LogP contribution in [-0.2, 0) is 6.42 Å². The van der Waals surface area contributed by atoms with Crippen molar-refractivity contribution in [2.45, 2.75) is 32.7 Å². The molecule has 0 atom stereocenters. The van der Waals surface area contributed by atoms with Crippen molar-refractivity contribution in [1.82, 2.24) is 25.1 Å². The molecule has 2 aromatic rings. The highest BCUT2D eigenvalue weighted by atomic mass is 32.1. The lowest BCUT2D eigenvalue weighted by molar-refractivity contribution is 0.110. The second-order valence-electron chi connectivity index (χ2n) is 8.61. The van der Waals surface area contributed by atoms with Gasteiger partial charge in [0, 0.05) is 62.6 Å². The molecule has 32 heavy (non-hydrogen) atoms. The maximum Gasteiger partial charge on any atom is 0.416 e. The SMILES string of the molecule is CC(C)(C)NC(=O)N(S)c1ccc(OC(=O)N2CCN(CCc3ccccn3)CC2)nc1. The Morgan fingerprint density at radius 3 is 2.47 bits per heavy atom. The zero-order chi connectivity index (χ0) is 23.1. The first kappa shape index (κ1) is 23.8. The van der Waals surface area contributed by atoms with Crippen molar-refractivity contribution in [2.75, 3.05) is 37.0 Å². The lowest BCUT2D eigenvalue weighted by atomic mass is 10.1. The largest absolute Gasteiger partial charge is 0.416 e. The van der Waals surface area contributed by atoms with Crippen LogP contribution in [-0.4, -0.2) is 70.2 Å². The Morgan fingerprint density at radius 1 is 1.12 bits per heavy atom. The number of carbonyl (C=O) groups excluding carboxylic acids is 2. The molecule has 1 aliphatic heterocycles. The summed E-state index contributed by atoms with van der Waals surface area (Å²) in [5.74, 6) is 0.175. The number of piperazine rings is 1. The highest BCUT2D eigenvalue weighted by Gasteiger charge is 2.23. The van der Waals surface area contributed by atoms with E-state index in [-0.39, 0.29) is 17.5 Å². The minimum atomic E-state index is -0.428. The summed E-state index contributed by atoms with van der Waals surface area (Å²) >= 11 is 4.22. The van der Waals surface area contributed by atoms with Gasteiger partial charge >= 0.3 is 12.1 Å². The van der Waals surface area contributed by atoms with Gasteiger partial charge in [0.25, 0.3) is 0 Å². The number of ether oxygens (including phenoxy) is 1. The molecule has 3 amide bonds. The molecule has 2 aromatic heterocycles. The first-order valence-corrected chi connectivity index (χ1v) is 11.0. The highest BCUT2D eigenvalue weighted by Crippen LogP contribution is 2.19. The summed E-state index contributed by atoms with van der Waals surface area (Å²) in [6.45, 7) is 9.31. The Labute approximate surface area is 194 Å². The molecule has 0 radical (unpaired) electrons. The van der Waals surface area contributed by atoms with E-state index in [9.17, 15) is 9.59 Å². The minimum Gasteiger partial charge on any atom is -0.391 e. The van der Waals surface area contributed by atoms with Crippen molar-refractivity contribution < 1.29 is 14.3 Å². The molecule has 0 spiro atoms. The van der Waals surface area contributed by atoms with E-state index in [1.165, 1.54) is 6.20 Å². The van der Waals surface area contributed by atoms with E-state index < -0.39 is 6.09 Å².